The second-order valence-corrected chi connectivity index (χ2v) is 13.4. The number of thiophene rings is 1. The van der Waals surface area contributed by atoms with Gasteiger partial charge in [-0.25, -0.2) is 15.0 Å². The first-order chi connectivity index (χ1) is 24.6. The van der Waals surface area contributed by atoms with Gasteiger partial charge in [0.05, 0.1) is 0 Å². The molecule has 7 heteroatoms. The maximum Gasteiger partial charge on any atom is 0.169 e. The van der Waals surface area contributed by atoms with Crippen molar-refractivity contribution in [1.82, 2.24) is 10.6 Å². The minimum absolute atomic E-state index is 0.0472. The Morgan fingerprint density at radius 2 is 1.30 bits per heavy atom. The first kappa shape index (κ1) is 31.4. The van der Waals surface area contributed by atoms with E-state index in [1.807, 2.05) is 60.7 Å². The number of amidine groups is 3. The highest BCUT2D eigenvalue weighted by Crippen LogP contribution is 2.39. The van der Waals surface area contributed by atoms with Gasteiger partial charge in [-0.3, -0.25) is 0 Å². The average Bonchev–Trinajstić information content (AvgIpc) is 3.57. The zero-order valence-corrected chi connectivity index (χ0v) is 28.4. The molecule has 0 spiro atoms. The van der Waals surface area contributed by atoms with Crippen LogP contribution in [0.2, 0.25) is 0 Å². The summed E-state index contributed by atoms with van der Waals surface area (Å²) in [6, 6.07) is 54.0. The molecule has 244 valence electrons. The smallest absolute Gasteiger partial charge is 0.169 e. The molecule has 0 amide bonds. The molecule has 0 fully saturated rings. The molecular formula is C43H36N6S. The summed E-state index contributed by atoms with van der Waals surface area (Å²) in [5, 5.41) is 9.47. The van der Waals surface area contributed by atoms with Gasteiger partial charge in [-0.2, -0.15) is 0 Å². The Hall–Kier alpha value is -5.89. The molecule has 2 unspecified atom stereocenters. The fourth-order valence-electron chi connectivity index (χ4n) is 6.34. The number of aliphatic imine (C=N–C) groups is 3. The zero-order chi connectivity index (χ0) is 33.9. The Balaban J connectivity index is 1.17. The normalized spacial score (nSPS) is 14.9. The van der Waals surface area contributed by atoms with Gasteiger partial charge < -0.3 is 16.4 Å². The number of benzene rings is 6. The Morgan fingerprint density at radius 1 is 0.700 bits per heavy atom. The second kappa shape index (κ2) is 13.9. The lowest BCUT2D eigenvalue weighted by molar-refractivity contribution is 0.698. The highest BCUT2D eigenvalue weighted by atomic mass is 32.1. The fourth-order valence-corrected chi connectivity index (χ4v) is 7.64. The SMILES string of the molecule is CC(NC(=NC(N)c1cccc2c1sc1cc(C3N=C(c4ccccc4)NC(c4ccccc4)=N3)ccc12)c1ccccc1)c1ccccc1. The molecule has 1 aliphatic rings. The van der Waals surface area contributed by atoms with Crippen LogP contribution in [0, 0.1) is 0 Å². The summed E-state index contributed by atoms with van der Waals surface area (Å²) in [5.41, 5.74) is 13.2. The van der Waals surface area contributed by atoms with Crippen molar-refractivity contribution in [3.63, 3.8) is 0 Å². The average molecular weight is 669 g/mol. The quantitative estimate of drug-likeness (QED) is 0.111. The topological polar surface area (TPSA) is 87.2 Å². The van der Waals surface area contributed by atoms with Crippen molar-refractivity contribution in [2.45, 2.75) is 25.3 Å². The number of hydrogen-bond acceptors (Lipinski definition) is 6. The van der Waals surface area contributed by atoms with Crippen molar-refractivity contribution in [3.8, 4) is 0 Å². The van der Waals surface area contributed by atoms with Gasteiger partial charge >= 0.3 is 0 Å². The summed E-state index contributed by atoms with van der Waals surface area (Å²) in [5.74, 6) is 2.37. The van der Waals surface area contributed by atoms with Gasteiger partial charge in [0.2, 0.25) is 0 Å². The van der Waals surface area contributed by atoms with Gasteiger partial charge in [0.25, 0.3) is 0 Å². The maximum absolute atomic E-state index is 6.96. The van der Waals surface area contributed by atoms with Crippen LogP contribution in [0.1, 0.15) is 58.7 Å². The number of nitrogens with two attached hydrogens (primary N) is 1. The highest BCUT2D eigenvalue weighted by molar-refractivity contribution is 7.26. The molecule has 0 radical (unpaired) electrons. The molecule has 6 nitrogen and oxygen atoms in total. The molecule has 0 aliphatic carbocycles. The van der Waals surface area contributed by atoms with Crippen molar-refractivity contribution < 1.29 is 0 Å². The Labute approximate surface area is 295 Å². The number of nitrogens with zero attached hydrogens (tertiary/aromatic N) is 3. The monoisotopic (exact) mass is 668 g/mol. The summed E-state index contributed by atoms with van der Waals surface area (Å²) in [7, 11) is 0. The van der Waals surface area contributed by atoms with E-state index in [1.54, 1.807) is 11.3 Å². The van der Waals surface area contributed by atoms with Crippen molar-refractivity contribution in [2.24, 2.45) is 20.7 Å². The van der Waals surface area contributed by atoms with Crippen LogP contribution in [-0.2, 0) is 0 Å². The van der Waals surface area contributed by atoms with E-state index in [2.05, 4.69) is 115 Å². The van der Waals surface area contributed by atoms with Gasteiger partial charge in [0.15, 0.2) is 6.17 Å². The van der Waals surface area contributed by atoms with Gasteiger partial charge in [-0.15, -0.1) is 11.3 Å². The van der Waals surface area contributed by atoms with Gasteiger partial charge in [0.1, 0.15) is 23.7 Å². The van der Waals surface area contributed by atoms with Gasteiger partial charge in [-0.1, -0.05) is 152 Å². The summed E-state index contributed by atoms with van der Waals surface area (Å²) in [6.45, 7) is 2.14. The van der Waals surface area contributed by atoms with Crippen molar-refractivity contribution in [2.75, 3.05) is 0 Å². The van der Waals surface area contributed by atoms with Crippen molar-refractivity contribution in [1.29, 1.82) is 0 Å². The first-order valence-corrected chi connectivity index (χ1v) is 17.6. The van der Waals surface area contributed by atoms with Crippen molar-refractivity contribution in [3.05, 3.63) is 191 Å². The third-order valence-corrected chi connectivity index (χ3v) is 10.2. The second-order valence-electron chi connectivity index (χ2n) is 12.3. The molecule has 4 N–H and O–H groups in total. The predicted molar refractivity (Wildman–Crippen MR) is 209 cm³/mol. The van der Waals surface area contributed by atoms with Crippen LogP contribution in [0.25, 0.3) is 20.2 Å². The fraction of sp³-hybridized carbons (Fsp3) is 0.0930. The minimum atomic E-state index is -0.572. The van der Waals surface area contributed by atoms with E-state index in [1.165, 1.54) is 16.3 Å². The molecule has 8 rings (SSSR count). The minimum Gasteiger partial charge on any atom is -0.363 e. The molecule has 2 atom stereocenters. The van der Waals surface area contributed by atoms with E-state index in [9.17, 15) is 0 Å². The summed E-state index contributed by atoms with van der Waals surface area (Å²) in [6.07, 6.45) is -0.967. The molecule has 0 saturated carbocycles. The lowest BCUT2D eigenvalue weighted by Gasteiger charge is -2.22. The molecule has 50 heavy (non-hydrogen) atoms. The molecule has 7 aromatic rings. The summed E-state index contributed by atoms with van der Waals surface area (Å²) >= 11 is 1.74. The first-order valence-electron chi connectivity index (χ1n) is 16.8. The molecule has 2 heterocycles. The largest absolute Gasteiger partial charge is 0.363 e. The van der Waals surface area contributed by atoms with Crippen molar-refractivity contribution >= 4 is 49.0 Å². The van der Waals surface area contributed by atoms with Crippen LogP contribution in [0.5, 0.6) is 0 Å². The third-order valence-electron chi connectivity index (χ3n) is 8.97. The third kappa shape index (κ3) is 6.44. The summed E-state index contributed by atoms with van der Waals surface area (Å²) < 4.78 is 2.29. The van der Waals surface area contributed by atoms with Crippen LogP contribution in [0.4, 0.5) is 0 Å². The van der Waals surface area contributed by atoms with E-state index >= 15 is 0 Å². The van der Waals surface area contributed by atoms with E-state index in [-0.39, 0.29) is 6.04 Å². The van der Waals surface area contributed by atoms with E-state index in [4.69, 9.17) is 20.7 Å². The van der Waals surface area contributed by atoms with E-state index in [0.29, 0.717) is 0 Å². The predicted octanol–water partition coefficient (Wildman–Crippen LogP) is 9.30. The molecule has 1 aliphatic heterocycles. The summed E-state index contributed by atoms with van der Waals surface area (Å²) in [4.78, 5) is 15.3. The van der Waals surface area contributed by atoms with Gasteiger partial charge in [0, 0.05) is 48.5 Å². The highest BCUT2D eigenvalue weighted by Gasteiger charge is 2.22. The molecule has 0 saturated heterocycles. The Kier molecular flexibility index (Phi) is 8.74. The Bertz CT molecular complexity index is 2290. The lowest BCUT2D eigenvalue weighted by atomic mass is 10.0. The number of rotatable bonds is 8. The number of fused-ring (bicyclic) bond motifs is 3. The standard InChI is InChI=1S/C43H36N6S/c1-28(29-15-6-2-7-16-29)45-40(30-17-8-3-9-18-30)46-39(44)36-24-14-23-35-34-26-25-33(27-37(34)50-38(35)36)43-48-41(31-19-10-4-11-20-31)47-42(49-43)32-21-12-5-13-22-32/h2-28,39,43H,44H2,1H3,(H,45,46)(H,47,48,49). The van der Waals surface area contributed by atoms with Crippen LogP contribution >= 0.6 is 11.3 Å². The number of nitrogens with one attached hydrogen (secondary N) is 2. The molecule has 1 aromatic heterocycles. The zero-order valence-electron chi connectivity index (χ0n) is 27.6. The molecule has 0 bridgehead atoms. The molecular weight excluding hydrogens is 633 g/mol. The van der Waals surface area contributed by atoms with Crippen LogP contribution in [0.3, 0.4) is 0 Å². The van der Waals surface area contributed by atoms with Crippen LogP contribution in [-0.4, -0.2) is 17.5 Å². The van der Waals surface area contributed by atoms with Gasteiger partial charge in [-0.05, 0) is 24.1 Å². The van der Waals surface area contributed by atoms with E-state index < -0.39 is 12.3 Å². The Morgan fingerprint density at radius 3 is 1.94 bits per heavy atom. The molecule has 6 aromatic carbocycles. The van der Waals surface area contributed by atoms with E-state index in [0.717, 1.165) is 54.7 Å². The number of hydrogen-bond donors (Lipinski definition) is 3. The van der Waals surface area contributed by atoms with Crippen LogP contribution < -0.4 is 16.4 Å². The van der Waals surface area contributed by atoms with Crippen LogP contribution in [0.15, 0.2) is 173 Å². The maximum atomic E-state index is 6.96. The lowest BCUT2D eigenvalue weighted by Crippen LogP contribution is -2.35.